The molecule has 4 heteroatoms. The number of halogens is 2. The van der Waals surface area contributed by atoms with Crippen LogP contribution in [0.1, 0.15) is 6.92 Å². The first-order valence-corrected chi connectivity index (χ1v) is 5.54. The van der Waals surface area contributed by atoms with E-state index in [9.17, 15) is 8.78 Å². The van der Waals surface area contributed by atoms with Crippen LogP contribution in [-0.4, -0.2) is 18.7 Å². The maximum atomic E-state index is 12.2. The van der Waals surface area contributed by atoms with Gasteiger partial charge in [-0.25, -0.2) is 8.78 Å². The van der Waals surface area contributed by atoms with E-state index in [4.69, 9.17) is 0 Å². The van der Waals surface area contributed by atoms with E-state index in [1.54, 1.807) is 17.8 Å². The second kappa shape index (κ2) is 5.20. The van der Waals surface area contributed by atoms with Crippen LogP contribution in [0.15, 0.2) is 29.2 Å². The lowest BCUT2D eigenvalue weighted by Crippen LogP contribution is -2.23. The van der Waals surface area contributed by atoms with Crippen molar-refractivity contribution in [2.75, 3.05) is 11.6 Å². The molecule has 1 N–H and O–H groups in total. The number of hydrogen-bond acceptors (Lipinski definition) is 2. The lowest BCUT2D eigenvalue weighted by Gasteiger charge is -2.14. The predicted octanol–water partition coefficient (Wildman–Crippen LogP) is 3.47. The van der Waals surface area contributed by atoms with E-state index in [1.165, 1.54) is 6.92 Å². The van der Waals surface area contributed by atoms with Crippen LogP contribution in [0.3, 0.4) is 0 Å². The zero-order chi connectivity index (χ0) is 10.6. The largest absolute Gasteiger partial charge is 0.377 e. The second-order valence-electron chi connectivity index (χ2n) is 3.00. The number of benzene rings is 1. The van der Waals surface area contributed by atoms with Crippen LogP contribution in [0, 0.1) is 0 Å². The lowest BCUT2D eigenvalue weighted by molar-refractivity contribution is 0.130. The highest BCUT2D eigenvalue weighted by Gasteiger charge is 2.13. The summed E-state index contributed by atoms with van der Waals surface area (Å²) in [6.07, 6.45) is -0.386. The molecule has 78 valence electrons. The Morgan fingerprint density at radius 2 is 2.07 bits per heavy atom. The van der Waals surface area contributed by atoms with Gasteiger partial charge in [0.05, 0.1) is 6.04 Å². The molecule has 0 amide bonds. The summed E-state index contributed by atoms with van der Waals surface area (Å²) >= 11 is 1.59. The molecule has 1 atom stereocenters. The lowest BCUT2D eigenvalue weighted by atomic mass is 10.3. The van der Waals surface area contributed by atoms with Crippen molar-refractivity contribution in [1.82, 2.24) is 0 Å². The third-order valence-electron chi connectivity index (χ3n) is 1.84. The summed E-state index contributed by atoms with van der Waals surface area (Å²) in [5, 5.41) is 2.75. The van der Waals surface area contributed by atoms with Crippen LogP contribution >= 0.6 is 11.8 Å². The number of thioether (sulfide) groups is 1. The predicted molar refractivity (Wildman–Crippen MR) is 57.3 cm³/mol. The normalized spacial score (nSPS) is 12.9. The van der Waals surface area contributed by atoms with E-state index in [2.05, 4.69) is 5.32 Å². The Hall–Kier alpha value is -0.770. The van der Waals surface area contributed by atoms with Gasteiger partial charge >= 0.3 is 0 Å². The van der Waals surface area contributed by atoms with Crippen molar-refractivity contribution in [3.63, 3.8) is 0 Å². The molecule has 0 aliphatic heterocycles. The van der Waals surface area contributed by atoms with Crippen molar-refractivity contribution in [3.05, 3.63) is 24.3 Å². The van der Waals surface area contributed by atoms with Crippen molar-refractivity contribution in [2.24, 2.45) is 0 Å². The summed E-state index contributed by atoms with van der Waals surface area (Å²) in [5.41, 5.74) is 0.740. The third-order valence-corrected chi connectivity index (χ3v) is 2.57. The van der Waals surface area contributed by atoms with Crippen LogP contribution in [0.25, 0.3) is 0 Å². The van der Waals surface area contributed by atoms with Gasteiger partial charge in [-0.05, 0) is 31.4 Å². The van der Waals surface area contributed by atoms with Gasteiger partial charge in [-0.2, -0.15) is 0 Å². The van der Waals surface area contributed by atoms with Gasteiger partial charge in [0, 0.05) is 10.6 Å². The average Bonchev–Trinajstić information content (AvgIpc) is 2.18. The summed E-state index contributed by atoms with van der Waals surface area (Å²) in [6, 6.07) is 6.64. The summed E-state index contributed by atoms with van der Waals surface area (Å²) in [4.78, 5) is 1.07. The Labute approximate surface area is 86.9 Å². The summed E-state index contributed by atoms with van der Waals surface area (Å²) in [7, 11) is 0. The maximum Gasteiger partial charge on any atom is 0.258 e. The van der Waals surface area contributed by atoms with Crippen molar-refractivity contribution < 1.29 is 8.78 Å². The van der Waals surface area contributed by atoms with Gasteiger partial charge in [-0.15, -0.1) is 11.8 Å². The van der Waals surface area contributed by atoms with Crippen molar-refractivity contribution >= 4 is 17.4 Å². The standard InChI is InChI=1S/C10H13F2NS/c1-7(10(11)12)13-8-4-3-5-9(6-8)14-2/h3-7,10,13H,1-2H3. The Kier molecular flexibility index (Phi) is 4.20. The molecule has 1 aromatic rings. The average molecular weight is 217 g/mol. The van der Waals surface area contributed by atoms with Crippen molar-refractivity contribution in [2.45, 2.75) is 24.3 Å². The number of nitrogens with one attached hydrogen (secondary N) is 1. The van der Waals surface area contributed by atoms with Gasteiger partial charge in [0.2, 0.25) is 0 Å². The fourth-order valence-electron chi connectivity index (χ4n) is 1.04. The van der Waals surface area contributed by atoms with E-state index < -0.39 is 12.5 Å². The molecule has 0 fully saturated rings. The molecule has 14 heavy (non-hydrogen) atoms. The van der Waals surface area contributed by atoms with E-state index >= 15 is 0 Å². The Morgan fingerprint density at radius 1 is 1.36 bits per heavy atom. The quantitative estimate of drug-likeness (QED) is 0.775. The molecule has 1 unspecified atom stereocenters. The zero-order valence-electron chi connectivity index (χ0n) is 8.13. The molecule has 0 radical (unpaired) electrons. The van der Waals surface area contributed by atoms with E-state index in [1.807, 2.05) is 24.5 Å². The highest BCUT2D eigenvalue weighted by atomic mass is 32.2. The fraction of sp³-hybridized carbons (Fsp3) is 0.400. The first-order chi connectivity index (χ1) is 6.63. The van der Waals surface area contributed by atoms with Crippen molar-refractivity contribution in [3.8, 4) is 0 Å². The molecule has 1 aromatic carbocycles. The first-order valence-electron chi connectivity index (χ1n) is 4.32. The molecular weight excluding hydrogens is 204 g/mol. The molecule has 0 bridgehead atoms. The maximum absolute atomic E-state index is 12.2. The molecule has 1 rings (SSSR count). The van der Waals surface area contributed by atoms with Crippen LogP contribution in [-0.2, 0) is 0 Å². The Bertz CT molecular complexity index is 291. The minimum absolute atomic E-state index is 0.740. The highest BCUT2D eigenvalue weighted by Crippen LogP contribution is 2.20. The number of rotatable bonds is 4. The summed E-state index contributed by atoms with van der Waals surface area (Å²) in [6.45, 7) is 1.47. The molecule has 1 nitrogen and oxygen atoms in total. The fourth-order valence-corrected chi connectivity index (χ4v) is 1.50. The third kappa shape index (κ3) is 3.18. The van der Waals surface area contributed by atoms with Crippen LogP contribution in [0.4, 0.5) is 14.5 Å². The topological polar surface area (TPSA) is 12.0 Å². The van der Waals surface area contributed by atoms with Crippen LogP contribution in [0.5, 0.6) is 0 Å². The van der Waals surface area contributed by atoms with Crippen molar-refractivity contribution in [1.29, 1.82) is 0 Å². The molecule has 0 saturated heterocycles. The minimum atomic E-state index is -2.34. The number of alkyl halides is 2. The van der Waals surface area contributed by atoms with Gasteiger partial charge < -0.3 is 5.32 Å². The van der Waals surface area contributed by atoms with Gasteiger partial charge in [0.15, 0.2) is 0 Å². The molecule has 0 spiro atoms. The smallest absolute Gasteiger partial charge is 0.258 e. The van der Waals surface area contributed by atoms with Gasteiger partial charge in [0.1, 0.15) is 0 Å². The first kappa shape index (κ1) is 11.3. The Balaban J connectivity index is 2.66. The van der Waals surface area contributed by atoms with Crippen LogP contribution in [0.2, 0.25) is 0 Å². The van der Waals surface area contributed by atoms with Crippen LogP contribution < -0.4 is 5.32 Å². The summed E-state index contributed by atoms with van der Waals surface area (Å²) < 4.78 is 24.5. The van der Waals surface area contributed by atoms with Gasteiger partial charge in [0.25, 0.3) is 6.43 Å². The Morgan fingerprint density at radius 3 is 2.64 bits per heavy atom. The van der Waals surface area contributed by atoms with E-state index in [-0.39, 0.29) is 0 Å². The summed E-state index contributed by atoms with van der Waals surface area (Å²) in [5.74, 6) is 0. The highest BCUT2D eigenvalue weighted by molar-refractivity contribution is 7.98. The van der Waals surface area contributed by atoms with E-state index in [0.717, 1.165) is 10.6 Å². The zero-order valence-corrected chi connectivity index (χ0v) is 8.94. The SMILES string of the molecule is CSc1cccc(NC(C)C(F)F)c1. The number of hydrogen-bond donors (Lipinski definition) is 1. The molecule has 0 aliphatic rings. The second-order valence-corrected chi connectivity index (χ2v) is 3.88. The molecular formula is C10H13F2NS. The molecule has 0 aliphatic carbocycles. The monoisotopic (exact) mass is 217 g/mol. The van der Waals surface area contributed by atoms with E-state index in [0.29, 0.717) is 0 Å². The number of anilines is 1. The molecule has 0 heterocycles. The van der Waals surface area contributed by atoms with Gasteiger partial charge in [-0.3, -0.25) is 0 Å². The molecule has 0 saturated carbocycles. The molecule has 0 aromatic heterocycles. The van der Waals surface area contributed by atoms with Gasteiger partial charge in [-0.1, -0.05) is 6.07 Å². The minimum Gasteiger partial charge on any atom is -0.377 e.